The van der Waals surface area contributed by atoms with E-state index in [1.807, 2.05) is 0 Å². The van der Waals surface area contributed by atoms with E-state index in [0.29, 0.717) is 0 Å². The first-order valence-electron chi connectivity index (χ1n) is 2.34. The number of rotatable bonds is 1. The van der Waals surface area contributed by atoms with Gasteiger partial charge in [0, 0.05) is 0 Å². The van der Waals surface area contributed by atoms with Gasteiger partial charge in [0.15, 0.2) is 0 Å². The third-order valence-corrected chi connectivity index (χ3v) is 0.354. The van der Waals surface area contributed by atoms with Crippen molar-refractivity contribution < 1.29 is 17.1 Å². The SMILES string of the molecule is [C-]#N.[CH-]=C.[CH2-]CCC.[Cu+2]. The standard InChI is InChI=1S/C4H9.C2H3.CN.Cu/c1-3-4-2;2*1-2;/h1,3-4H2,2H3;1H,2H2;;/q3*-1;+2. The summed E-state index contributed by atoms with van der Waals surface area (Å²) in [5.41, 5.74) is 0. The molecule has 0 aromatic heterocycles. The molecule has 2 heteroatoms. The van der Waals surface area contributed by atoms with Crippen LogP contribution in [0.3, 0.4) is 0 Å². The quantitative estimate of drug-likeness (QED) is 0.441. The van der Waals surface area contributed by atoms with Crippen LogP contribution in [0, 0.1) is 25.3 Å². The summed E-state index contributed by atoms with van der Waals surface area (Å²) in [6.07, 6.45) is 2.28. The molecule has 0 aromatic rings. The van der Waals surface area contributed by atoms with Gasteiger partial charge in [-0.3, -0.25) is 6.58 Å². The van der Waals surface area contributed by atoms with E-state index in [1.54, 1.807) is 0 Å². The first-order chi connectivity index (χ1) is 3.91. The smallest absolute Gasteiger partial charge is 0.521 e. The molecule has 0 N–H and O–H groups in total. The van der Waals surface area contributed by atoms with Gasteiger partial charge in [-0.25, -0.2) is 0 Å². The van der Waals surface area contributed by atoms with Crippen LogP contribution in [0.2, 0.25) is 0 Å². The van der Waals surface area contributed by atoms with Crippen LogP contribution in [0.25, 0.3) is 0 Å². The van der Waals surface area contributed by atoms with Crippen LogP contribution >= 0.6 is 0 Å². The van der Waals surface area contributed by atoms with Crippen LogP contribution in [0.15, 0.2) is 6.58 Å². The van der Waals surface area contributed by atoms with E-state index in [9.17, 15) is 0 Å². The van der Waals surface area contributed by atoms with E-state index in [1.165, 1.54) is 6.42 Å². The van der Waals surface area contributed by atoms with Gasteiger partial charge < -0.3 is 25.3 Å². The van der Waals surface area contributed by atoms with Crippen LogP contribution in [0.5, 0.6) is 0 Å². The van der Waals surface area contributed by atoms with Gasteiger partial charge in [-0.2, -0.15) is 6.42 Å². The molecule has 0 aromatic carbocycles. The van der Waals surface area contributed by atoms with Gasteiger partial charge in [0.25, 0.3) is 0 Å². The molecule has 1 nitrogen and oxygen atoms in total. The molecule has 9 heavy (non-hydrogen) atoms. The van der Waals surface area contributed by atoms with E-state index < -0.39 is 0 Å². The molecule has 0 aliphatic carbocycles. The Bertz CT molecular complexity index is 33.1. The van der Waals surface area contributed by atoms with E-state index in [2.05, 4.69) is 27.0 Å². The van der Waals surface area contributed by atoms with Gasteiger partial charge in [-0.1, -0.05) is 13.3 Å². The average molecular weight is 174 g/mol. The number of unbranched alkanes of at least 4 members (excludes halogenated alkanes) is 1. The summed E-state index contributed by atoms with van der Waals surface area (Å²) < 4.78 is 0. The molecule has 0 aliphatic rings. The second-order valence-electron chi connectivity index (χ2n) is 0.854. The van der Waals surface area contributed by atoms with Crippen molar-refractivity contribution in [1.29, 1.82) is 5.26 Å². The fourth-order valence-electron chi connectivity index (χ4n) is 0. The van der Waals surface area contributed by atoms with E-state index in [-0.39, 0.29) is 17.1 Å². The Balaban J connectivity index is -0.0000000221. The Morgan fingerprint density at radius 3 is 1.67 bits per heavy atom. The molecule has 0 heterocycles. The topological polar surface area (TPSA) is 23.8 Å². The van der Waals surface area contributed by atoms with Crippen LogP contribution in [0.4, 0.5) is 0 Å². The van der Waals surface area contributed by atoms with Gasteiger partial charge in [-0.15, -0.1) is 0 Å². The first-order valence-corrected chi connectivity index (χ1v) is 2.34. The van der Waals surface area contributed by atoms with Gasteiger partial charge in [0.2, 0.25) is 0 Å². The molecule has 1 radical (unpaired) electrons. The summed E-state index contributed by atoms with van der Waals surface area (Å²) >= 11 is 0. The predicted molar refractivity (Wildman–Crippen MR) is 35.2 cm³/mol. The third kappa shape index (κ3) is 456. The Labute approximate surface area is 69.2 Å². The molecule has 0 saturated carbocycles. The fraction of sp³-hybridized carbons (Fsp3) is 0.429. The van der Waals surface area contributed by atoms with Gasteiger partial charge in [-0.05, 0) is 0 Å². The summed E-state index contributed by atoms with van der Waals surface area (Å²) in [4.78, 5) is 0. The summed E-state index contributed by atoms with van der Waals surface area (Å²) in [5, 5.41) is 6.25. The number of nitrogens with zero attached hydrogens (tertiary/aromatic N) is 1. The van der Waals surface area contributed by atoms with Crippen molar-refractivity contribution in [2.24, 2.45) is 0 Å². The van der Waals surface area contributed by atoms with E-state index >= 15 is 0 Å². The zero-order valence-corrected chi connectivity index (χ0v) is 6.60. The van der Waals surface area contributed by atoms with Gasteiger partial charge in [0.05, 0.1) is 0 Å². The molecule has 0 bridgehead atoms. The summed E-state index contributed by atoms with van der Waals surface area (Å²) in [6.45, 7) is 17.5. The maximum absolute atomic E-state index is 6.25. The molecule has 0 saturated heterocycles. The van der Waals surface area contributed by atoms with E-state index in [0.717, 1.165) is 6.42 Å². The molecular formula is C7H12CuN-. The molecule has 57 valence electrons. The fourth-order valence-corrected chi connectivity index (χ4v) is 0. The summed E-state index contributed by atoms with van der Waals surface area (Å²) in [5.74, 6) is 0. The molecule has 0 unspecified atom stereocenters. The maximum atomic E-state index is 6.25. The molecular weight excluding hydrogens is 162 g/mol. The first kappa shape index (κ1) is 23.3. The maximum Gasteiger partial charge on any atom is 2.00 e. The van der Waals surface area contributed by atoms with Crippen LogP contribution in [-0.2, 0) is 17.1 Å². The average Bonchev–Trinajstić information content (AvgIpc) is 1.96. The molecule has 0 fully saturated rings. The zero-order chi connectivity index (χ0) is 7.41. The molecule has 0 aliphatic heterocycles. The summed E-state index contributed by atoms with van der Waals surface area (Å²) in [6, 6.07) is 0. The number of hydrogen-bond acceptors (Lipinski definition) is 1. The van der Waals surface area contributed by atoms with Crippen molar-refractivity contribution in [1.82, 2.24) is 0 Å². The molecule has 0 amide bonds. The Kier molecular flexibility index (Phi) is 299. The van der Waals surface area contributed by atoms with Gasteiger partial charge >= 0.3 is 17.1 Å². The molecule has 0 spiro atoms. The zero-order valence-electron chi connectivity index (χ0n) is 5.65. The van der Waals surface area contributed by atoms with Crippen LogP contribution in [-0.4, -0.2) is 0 Å². The van der Waals surface area contributed by atoms with Crippen LogP contribution < -0.4 is 0 Å². The Morgan fingerprint density at radius 2 is 1.67 bits per heavy atom. The monoisotopic (exact) mass is 173 g/mol. The second kappa shape index (κ2) is 115. The summed E-state index contributed by atoms with van der Waals surface area (Å²) in [7, 11) is 0. The minimum atomic E-state index is 0. The predicted octanol–water partition coefficient (Wildman–Crippen LogP) is 2.32. The minimum Gasteiger partial charge on any atom is -0.521 e. The Hall–Kier alpha value is -0.251. The van der Waals surface area contributed by atoms with Crippen molar-refractivity contribution in [3.05, 3.63) is 26.7 Å². The van der Waals surface area contributed by atoms with Crippen molar-refractivity contribution in [3.8, 4) is 0 Å². The molecule has 0 atom stereocenters. The normalized spacial score (nSPS) is 4.00. The molecule has 0 rings (SSSR count). The van der Waals surface area contributed by atoms with Crippen molar-refractivity contribution in [2.45, 2.75) is 19.8 Å². The van der Waals surface area contributed by atoms with Crippen molar-refractivity contribution in [3.63, 3.8) is 0 Å². The largest absolute Gasteiger partial charge is 2.00 e. The van der Waals surface area contributed by atoms with Crippen molar-refractivity contribution in [2.75, 3.05) is 0 Å². The third-order valence-electron chi connectivity index (χ3n) is 0.354. The Morgan fingerprint density at radius 1 is 1.56 bits per heavy atom. The van der Waals surface area contributed by atoms with Crippen LogP contribution in [0.1, 0.15) is 19.8 Å². The van der Waals surface area contributed by atoms with Gasteiger partial charge in [0.1, 0.15) is 0 Å². The van der Waals surface area contributed by atoms with E-state index in [4.69, 9.17) is 11.8 Å². The van der Waals surface area contributed by atoms with Crippen molar-refractivity contribution >= 4 is 0 Å². The second-order valence-corrected chi connectivity index (χ2v) is 0.854. The number of hydrogen-bond donors (Lipinski definition) is 0. The minimum absolute atomic E-state index is 0.